The van der Waals surface area contributed by atoms with Gasteiger partial charge in [0.05, 0.1) is 29.3 Å². The molecule has 4 aromatic rings. The lowest BCUT2D eigenvalue weighted by atomic mass is 9.83. The number of piperidine rings is 1. The molecular formula is C26H22FN3O3S. The first-order valence-corrected chi connectivity index (χ1v) is 11.7. The van der Waals surface area contributed by atoms with Crippen LogP contribution < -0.4 is 15.0 Å². The number of aromatic nitrogens is 1. The Kier molecular flexibility index (Phi) is 5.98. The standard InChI is InChI=1S/C26H22FN3O3S/c1-33-19-12-10-18(11-13-19)30-23(31)15-14-20(24(30)16-6-8-17(27)9-7-16)25(32)29-26-28-21-4-2-3-5-22(21)34-26/h2-13,20,24H,14-15H2,1H3,(H,28,29,32)/t20-,24+/m0/s1. The van der Waals surface area contributed by atoms with Crippen molar-refractivity contribution >= 4 is 44.2 Å². The molecule has 0 spiro atoms. The first kappa shape index (κ1) is 22.0. The molecule has 1 saturated heterocycles. The lowest BCUT2D eigenvalue weighted by molar-refractivity contribution is -0.125. The molecule has 0 bridgehead atoms. The predicted octanol–water partition coefficient (Wildman–Crippen LogP) is 5.57. The van der Waals surface area contributed by atoms with E-state index in [1.807, 2.05) is 24.3 Å². The number of ether oxygens (including phenoxy) is 1. The number of nitrogens with zero attached hydrogens (tertiary/aromatic N) is 2. The average Bonchev–Trinajstić information content (AvgIpc) is 3.26. The molecule has 8 heteroatoms. The zero-order valence-electron chi connectivity index (χ0n) is 18.4. The van der Waals surface area contributed by atoms with E-state index in [1.165, 1.54) is 23.5 Å². The fourth-order valence-electron chi connectivity index (χ4n) is 4.38. The number of fused-ring (bicyclic) bond motifs is 1. The van der Waals surface area contributed by atoms with Crippen LogP contribution in [0.15, 0.2) is 72.8 Å². The molecule has 172 valence electrons. The van der Waals surface area contributed by atoms with Crippen molar-refractivity contribution in [3.8, 4) is 5.75 Å². The van der Waals surface area contributed by atoms with Gasteiger partial charge >= 0.3 is 0 Å². The number of benzene rings is 3. The number of hydrogen-bond acceptors (Lipinski definition) is 5. The summed E-state index contributed by atoms with van der Waals surface area (Å²) in [5.74, 6) is -0.575. The maximum atomic E-state index is 13.7. The Hall–Kier alpha value is -3.78. The van der Waals surface area contributed by atoms with E-state index in [2.05, 4.69) is 10.3 Å². The lowest BCUT2D eigenvalue weighted by Gasteiger charge is -2.40. The topological polar surface area (TPSA) is 71.5 Å². The molecule has 1 aliphatic heterocycles. The second-order valence-corrected chi connectivity index (χ2v) is 9.11. The molecule has 3 aromatic carbocycles. The van der Waals surface area contributed by atoms with Crippen LogP contribution in [0, 0.1) is 11.7 Å². The number of amides is 2. The Morgan fingerprint density at radius 2 is 1.82 bits per heavy atom. The zero-order chi connectivity index (χ0) is 23.7. The van der Waals surface area contributed by atoms with Gasteiger partial charge in [0.1, 0.15) is 11.6 Å². The van der Waals surface area contributed by atoms with Crippen LogP contribution in [0.2, 0.25) is 0 Å². The highest BCUT2D eigenvalue weighted by Gasteiger charge is 2.41. The maximum Gasteiger partial charge on any atom is 0.231 e. The highest BCUT2D eigenvalue weighted by molar-refractivity contribution is 7.22. The number of carbonyl (C=O) groups is 2. The summed E-state index contributed by atoms with van der Waals surface area (Å²) in [5.41, 5.74) is 2.16. The van der Waals surface area contributed by atoms with Crippen LogP contribution in [0.4, 0.5) is 15.2 Å². The molecule has 1 N–H and O–H groups in total. The molecule has 0 saturated carbocycles. The van der Waals surface area contributed by atoms with Crippen molar-refractivity contribution in [2.24, 2.45) is 5.92 Å². The van der Waals surface area contributed by atoms with Crippen molar-refractivity contribution in [3.05, 3.63) is 84.2 Å². The van der Waals surface area contributed by atoms with E-state index in [9.17, 15) is 14.0 Å². The van der Waals surface area contributed by atoms with E-state index >= 15 is 0 Å². The molecule has 0 unspecified atom stereocenters. The predicted molar refractivity (Wildman–Crippen MR) is 131 cm³/mol. The maximum absolute atomic E-state index is 13.7. The highest BCUT2D eigenvalue weighted by atomic mass is 32.1. The zero-order valence-corrected chi connectivity index (χ0v) is 19.2. The van der Waals surface area contributed by atoms with Gasteiger partial charge in [0.25, 0.3) is 0 Å². The molecule has 1 fully saturated rings. The molecule has 1 aliphatic rings. The minimum absolute atomic E-state index is 0.0940. The van der Waals surface area contributed by atoms with Crippen LogP contribution in [0.25, 0.3) is 10.2 Å². The number of para-hydroxylation sites is 1. The summed E-state index contributed by atoms with van der Waals surface area (Å²) in [7, 11) is 1.57. The first-order chi connectivity index (χ1) is 16.5. The van der Waals surface area contributed by atoms with Crippen LogP contribution in [0.5, 0.6) is 5.75 Å². The third-order valence-corrected chi connectivity index (χ3v) is 6.97. The number of anilines is 2. The van der Waals surface area contributed by atoms with Gasteiger partial charge in [-0.2, -0.15) is 0 Å². The van der Waals surface area contributed by atoms with E-state index in [0.29, 0.717) is 28.6 Å². The summed E-state index contributed by atoms with van der Waals surface area (Å²) in [6.07, 6.45) is 0.603. The van der Waals surface area contributed by atoms with Crippen LogP contribution in [-0.2, 0) is 9.59 Å². The molecular weight excluding hydrogens is 453 g/mol. The third-order valence-electron chi connectivity index (χ3n) is 6.02. The SMILES string of the molecule is COc1ccc(N2C(=O)CC[C@H](C(=O)Nc3nc4ccccc4s3)[C@H]2c2ccc(F)cc2)cc1. The molecule has 1 aromatic heterocycles. The van der Waals surface area contributed by atoms with Crippen molar-refractivity contribution in [3.63, 3.8) is 0 Å². The molecule has 2 amide bonds. The van der Waals surface area contributed by atoms with Crippen LogP contribution in [0.1, 0.15) is 24.4 Å². The molecule has 2 heterocycles. The Labute approximate surface area is 200 Å². The second kappa shape index (κ2) is 9.23. The summed E-state index contributed by atoms with van der Waals surface area (Å²) in [6, 6.07) is 20.2. The molecule has 6 nitrogen and oxygen atoms in total. The van der Waals surface area contributed by atoms with Crippen LogP contribution in [-0.4, -0.2) is 23.9 Å². The van der Waals surface area contributed by atoms with Crippen LogP contribution >= 0.6 is 11.3 Å². The average molecular weight is 476 g/mol. The number of nitrogens with one attached hydrogen (secondary N) is 1. The minimum atomic E-state index is -0.593. The number of hydrogen-bond donors (Lipinski definition) is 1. The van der Waals surface area contributed by atoms with E-state index < -0.39 is 12.0 Å². The van der Waals surface area contributed by atoms with Crippen LogP contribution in [0.3, 0.4) is 0 Å². The van der Waals surface area contributed by atoms with E-state index in [4.69, 9.17) is 4.74 Å². The smallest absolute Gasteiger partial charge is 0.231 e. The fraction of sp³-hybridized carbons (Fsp3) is 0.192. The van der Waals surface area contributed by atoms with E-state index in [-0.39, 0.29) is 24.1 Å². The summed E-state index contributed by atoms with van der Waals surface area (Å²) in [6.45, 7) is 0. The summed E-state index contributed by atoms with van der Waals surface area (Å²) < 4.78 is 19.9. The monoisotopic (exact) mass is 475 g/mol. The van der Waals surface area contributed by atoms with Gasteiger partial charge in [0, 0.05) is 12.1 Å². The fourth-order valence-corrected chi connectivity index (χ4v) is 5.25. The molecule has 2 atom stereocenters. The number of thiazole rings is 1. The minimum Gasteiger partial charge on any atom is -0.497 e. The molecule has 34 heavy (non-hydrogen) atoms. The third kappa shape index (κ3) is 4.24. The van der Waals surface area contributed by atoms with Crippen molar-refractivity contribution in [1.29, 1.82) is 0 Å². The second-order valence-electron chi connectivity index (χ2n) is 8.08. The Morgan fingerprint density at radius 3 is 2.53 bits per heavy atom. The highest BCUT2D eigenvalue weighted by Crippen LogP contribution is 2.41. The summed E-state index contributed by atoms with van der Waals surface area (Å²) >= 11 is 1.40. The van der Waals surface area contributed by atoms with Gasteiger partial charge in [-0.25, -0.2) is 9.37 Å². The number of halogens is 1. The number of methoxy groups -OCH3 is 1. The van der Waals surface area contributed by atoms with Gasteiger partial charge in [-0.15, -0.1) is 0 Å². The van der Waals surface area contributed by atoms with Gasteiger partial charge in [0.15, 0.2) is 5.13 Å². The molecule has 0 aliphatic carbocycles. The van der Waals surface area contributed by atoms with Crippen molar-refractivity contribution in [1.82, 2.24) is 4.98 Å². The Bertz CT molecular complexity index is 1300. The lowest BCUT2D eigenvalue weighted by Crippen LogP contribution is -2.47. The van der Waals surface area contributed by atoms with E-state index in [1.54, 1.807) is 48.4 Å². The Morgan fingerprint density at radius 1 is 1.09 bits per heavy atom. The van der Waals surface area contributed by atoms with Gasteiger partial charge < -0.3 is 15.0 Å². The van der Waals surface area contributed by atoms with Crippen molar-refractivity contribution in [2.75, 3.05) is 17.3 Å². The molecule has 5 rings (SSSR count). The number of carbonyl (C=O) groups excluding carboxylic acids is 2. The number of rotatable bonds is 5. The van der Waals surface area contributed by atoms with Gasteiger partial charge in [-0.1, -0.05) is 35.6 Å². The van der Waals surface area contributed by atoms with E-state index in [0.717, 1.165) is 10.2 Å². The van der Waals surface area contributed by atoms with Crippen molar-refractivity contribution in [2.45, 2.75) is 18.9 Å². The van der Waals surface area contributed by atoms with Gasteiger partial charge in [-0.3, -0.25) is 9.59 Å². The summed E-state index contributed by atoms with van der Waals surface area (Å²) in [5, 5.41) is 3.46. The Balaban J connectivity index is 1.51. The first-order valence-electron chi connectivity index (χ1n) is 10.9. The molecule has 0 radical (unpaired) electrons. The summed E-state index contributed by atoms with van der Waals surface area (Å²) in [4.78, 5) is 32.8. The largest absolute Gasteiger partial charge is 0.497 e. The van der Waals surface area contributed by atoms with Crippen molar-refractivity contribution < 1.29 is 18.7 Å². The van der Waals surface area contributed by atoms with Gasteiger partial charge in [0.2, 0.25) is 11.8 Å². The quantitative estimate of drug-likeness (QED) is 0.410. The normalized spacial score (nSPS) is 18.2. The van der Waals surface area contributed by atoms with Gasteiger partial charge in [-0.05, 0) is 60.5 Å².